The van der Waals surface area contributed by atoms with Gasteiger partial charge in [0.2, 0.25) is 23.6 Å². The van der Waals surface area contributed by atoms with Crippen molar-refractivity contribution in [3.05, 3.63) is 89.5 Å². The molecule has 12 heteroatoms. The molecule has 310 valence electrons. The maximum Gasteiger partial charge on any atom is 0.245 e. The second-order valence-electron chi connectivity index (χ2n) is 15.1. The van der Waals surface area contributed by atoms with Crippen molar-refractivity contribution in [3.8, 4) is 17.2 Å². The fourth-order valence-corrected chi connectivity index (χ4v) is 6.99. The highest BCUT2D eigenvalue weighted by atomic mass is 16.5. The maximum absolute atomic E-state index is 14.2. The van der Waals surface area contributed by atoms with Crippen LogP contribution in [0.2, 0.25) is 0 Å². The Labute approximate surface area is 337 Å². The fraction of sp³-hybridized carbons (Fsp3) is 0.511. The van der Waals surface area contributed by atoms with Gasteiger partial charge >= 0.3 is 0 Å². The highest BCUT2D eigenvalue weighted by Crippen LogP contribution is 2.17. The molecule has 1 heterocycles. The van der Waals surface area contributed by atoms with Gasteiger partial charge in [0.1, 0.15) is 35.4 Å². The van der Waals surface area contributed by atoms with Gasteiger partial charge in [0.05, 0.1) is 13.2 Å². The molecular formula is C45H62N4O8. The van der Waals surface area contributed by atoms with E-state index in [1.807, 2.05) is 0 Å². The van der Waals surface area contributed by atoms with Crippen LogP contribution in [0.25, 0.3) is 0 Å². The van der Waals surface area contributed by atoms with Crippen molar-refractivity contribution in [2.24, 2.45) is 0 Å². The van der Waals surface area contributed by atoms with Crippen molar-refractivity contribution in [1.82, 2.24) is 20.9 Å². The molecule has 0 bridgehead atoms. The molecular weight excluding hydrogens is 725 g/mol. The minimum Gasteiger partial charge on any atom is -0.508 e. The van der Waals surface area contributed by atoms with Crippen molar-refractivity contribution in [3.63, 3.8) is 0 Å². The van der Waals surface area contributed by atoms with Gasteiger partial charge in [0, 0.05) is 38.8 Å². The Kier molecular flexibility index (Phi) is 19.2. The number of benzene rings is 3. The lowest BCUT2D eigenvalue weighted by Crippen LogP contribution is -2.59. The summed E-state index contributed by atoms with van der Waals surface area (Å²) in [7, 11) is 0. The van der Waals surface area contributed by atoms with Crippen molar-refractivity contribution in [2.75, 3.05) is 26.3 Å². The molecule has 0 unspecified atom stereocenters. The highest BCUT2D eigenvalue weighted by molar-refractivity contribution is 5.94. The van der Waals surface area contributed by atoms with Gasteiger partial charge < -0.3 is 40.9 Å². The Morgan fingerprint density at radius 3 is 1.35 bits per heavy atom. The summed E-state index contributed by atoms with van der Waals surface area (Å²) < 4.78 is 5.44. The summed E-state index contributed by atoms with van der Waals surface area (Å²) in [5.74, 6) is -1.56. The third-order valence-corrected chi connectivity index (χ3v) is 10.4. The molecule has 3 aromatic rings. The molecule has 1 aliphatic rings. The zero-order valence-corrected chi connectivity index (χ0v) is 33.4. The number of nitrogens with zero attached hydrogens (tertiary/aromatic N) is 1. The summed E-state index contributed by atoms with van der Waals surface area (Å²) in [5, 5.41) is 38.3. The Hall–Kier alpha value is -5.10. The van der Waals surface area contributed by atoms with E-state index >= 15 is 0 Å². The molecule has 0 radical (unpaired) electrons. The van der Waals surface area contributed by atoms with Crippen LogP contribution in [0.15, 0.2) is 72.8 Å². The first-order valence-corrected chi connectivity index (χ1v) is 20.7. The summed E-state index contributed by atoms with van der Waals surface area (Å²) in [5.41, 5.74) is 2.07. The minimum atomic E-state index is -1.16. The minimum absolute atomic E-state index is 0.0359. The Balaban J connectivity index is 1.46. The number of carbonyl (C=O) groups excluding carboxylic acids is 4. The van der Waals surface area contributed by atoms with E-state index in [2.05, 4.69) is 22.9 Å². The smallest absolute Gasteiger partial charge is 0.245 e. The third-order valence-electron chi connectivity index (χ3n) is 10.4. The highest BCUT2D eigenvalue weighted by Gasteiger charge is 2.32. The molecule has 1 saturated heterocycles. The molecule has 3 aromatic carbocycles. The van der Waals surface area contributed by atoms with E-state index < -0.39 is 29.9 Å². The molecule has 1 fully saturated rings. The monoisotopic (exact) mass is 786 g/mol. The van der Waals surface area contributed by atoms with Crippen molar-refractivity contribution < 1.29 is 39.2 Å². The summed E-state index contributed by atoms with van der Waals surface area (Å²) in [6.07, 6.45) is 13.2. The standard InChI is InChI=1S/C45H62N4O8/c1-2-3-4-5-6-7-8-9-10-11-12-13-42(53)46-39(30-33-14-20-36(50)21-15-33)43(54)47-40(31-34-16-22-37(51)23-17-34)44(55)48-41(32-35-18-24-38(52)25-19-35)45(56)49-26-28-57-29-27-49/h14-25,39-41,50-52H,2-13,26-32H2,1H3,(H,46,53)(H,47,54)(H,48,55)/t39-,40-,41-/m0/s1. The second-order valence-corrected chi connectivity index (χ2v) is 15.1. The first-order chi connectivity index (χ1) is 27.6. The van der Waals surface area contributed by atoms with E-state index in [1.54, 1.807) is 41.3 Å². The van der Waals surface area contributed by atoms with Crippen molar-refractivity contribution in [1.29, 1.82) is 0 Å². The Morgan fingerprint density at radius 2 is 0.912 bits per heavy atom. The largest absolute Gasteiger partial charge is 0.508 e. The zero-order valence-electron chi connectivity index (χ0n) is 33.4. The van der Waals surface area contributed by atoms with Gasteiger partial charge in [-0.25, -0.2) is 0 Å². The number of nitrogens with one attached hydrogen (secondary N) is 3. The van der Waals surface area contributed by atoms with Crippen LogP contribution in [0.3, 0.4) is 0 Å². The number of aromatic hydroxyl groups is 3. The van der Waals surface area contributed by atoms with E-state index in [-0.39, 0.29) is 54.7 Å². The van der Waals surface area contributed by atoms with E-state index in [9.17, 15) is 34.5 Å². The quantitative estimate of drug-likeness (QED) is 0.0614. The molecule has 57 heavy (non-hydrogen) atoms. The predicted octanol–water partition coefficient (Wildman–Crippen LogP) is 5.85. The number of carbonyl (C=O) groups is 4. The van der Waals surface area contributed by atoms with Crippen LogP contribution in [-0.2, 0) is 43.2 Å². The normalized spacial score (nSPS) is 14.3. The molecule has 12 nitrogen and oxygen atoms in total. The van der Waals surface area contributed by atoms with Gasteiger partial charge in [0.25, 0.3) is 0 Å². The van der Waals surface area contributed by atoms with Crippen LogP contribution in [0.1, 0.15) is 101 Å². The predicted molar refractivity (Wildman–Crippen MR) is 220 cm³/mol. The van der Waals surface area contributed by atoms with E-state index in [4.69, 9.17) is 4.74 Å². The fourth-order valence-electron chi connectivity index (χ4n) is 6.99. The molecule has 3 atom stereocenters. The lowest BCUT2D eigenvalue weighted by Gasteiger charge is -2.32. The zero-order chi connectivity index (χ0) is 40.8. The van der Waals surface area contributed by atoms with E-state index in [0.717, 1.165) is 19.3 Å². The lowest BCUT2D eigenvalue weighted by atomic mass is 10.0. The van der Waals surface area contributed by atoms with E-state index in [1.165, 1.54) is 81.3 Å². The van der Waals surface area contributed by atoms with Crippen LogP contribution >= 0.6 is 0 Å². The molecule has 0 saturated carbocycles. The molecule has 0 spiro atoms. The number of amides is 4. The average molecular weight is 787 g/mol. The second kappa shape index (κ2) is 24.5. The molecule has 0 aromatic heterocycles. The lowest BCUT2D eigenvalue weighted by molar-refractivity contribution is -0.140. The van der Waals surface area contributed by atoms with Crippen LogP contribution in [0, 0.1) is 0 Å². The van der Waals surface area contributed by atoms with Gasteiger partial charge in [0.15, 0.2) is 0 Å². The number of hydrogen-bond donors (Lipinski definition) is 6. The first-order valence-electron chi connectivity index (χ1n) is 20.7. The van der Waals surface area contributed by atoms with Gasteiger partial charge in [-0.15, -0.1) is 0 Å². The number of ether oxygens (including phenoxy) is 1. The van der Waals surface area contributed by atoms with Gasteiger partial charge in [-0.2, -0.15) is 0 Å². The van der Waals surface area contributed by atoms with E-state index in [0.29, 0.717) is 49.4 Å². The number of hydrogen-bond acceptors (Lipinski definition) is 8. The molecule has 4 amide bonds. The average Bonchev–Trinajstić information content (AvgIpc) is 3.21. The summed E-state index contributed by atoms with van der Waals surface area (Å²) in [6, 6.07) is 15.9. The topological polar surface area (TPSA) is 178 Å². The number of unbranched alkanes of at least 4 members (excludes halogenated alkanes) is 10. The molecule has 0 aliphatic carbocycles. The summed E-state index contributed by atoms with van der Waals surface area (Å²) in [6.45, 7) is 3.70. The summed E-state index contributed by atoms with van der Waals surface area (Å²) in [4.78, 5) is 57.1. The van der Waals surface area contributed by atoms with Gasteiger partial charge in [-0.05, 0) is 59.5 Å². The Morgan fingerprint density at radius 1 is 0.544 bits per heavy atom. The molecule has 4 rings (SSSR count). The van der Waals surface area contributed by atoms with Crippen LogP contribution in [-0.4, -0.2) is 88.3 Å². The number of phenols is 3. The number of morpholine rings is 1. The first kappa shape index (κ1) is 44.6. The third kappa shape index (κ3) is 16.5. The van der Waals surface area contributed by atoms with Crippen LogP contribution in [0.5, 0.6) is 17.2 Å². The van der Waals surface area contributed by atoms with Crippen LogP contribution in [0.4, 0.5) is 0 Å². The maximum atomic E-state index is 14.2. The van der Waals surface area contributed by atoms with Crippen LogP contribution < -0.4 is 16.0 Å². The van der Waals surface area contributed by atoms with Crippen molar-refractivity contribution >= 4 is 23.6 Å². The molecule has 1 aliphatic heterocycles. The molecule has 6 N–H and O–H groups in total. The van der Waals surface area contributed by atoms with Gasteiger partial charge in [-0.3, -0.25) is 19.2 Å². The number of phenolic OH excluding ortho intramolecular Hbond substituents is 3. The van der Waals surface area contributed by atoms with Gasteiger partial charge in [-0.1, -0.05) is 108 Å². The number of rotatable bonds is 24. The Bertz CT molecular complexity index is 1660. The van der Waals surface area contributed by atoms with Crippen molar-refractivity contribution in [2.45, 2.75) is 121 Å². The summed E-state index contributed by atoms with van der Waals surface area (Å²) >= 11 is 0. The SMILES string of the molecule is CCCCCCCCCCCCCC(=O)N[C@@H](Cc1ccc(O)cc1)C(=O)N[C@@H](Cc1ccc(O)cc1)C(=O)N[C@@H](Cc1ccc(O)cc1)C(=O)N1CCOCC1.